The van der Waals surface area contributed by atoms with Crippen molar-refractivity contribution in [1.29, 1.82) is 0 Å². The largest absolute Gasteiger partial charge is 0.366 e. The summed E-state index contributed by atoms with van der Waals surface area (Å²) in [6.07, 6.45) is 1.55. The minimum absolute atomic E-state index is 0.0697. The van der Waals surface area contributed by atoms with Crippen LogP contribution in [0.25, 0.3) is 22.8 Å². The fourth-order valence-corrected chi connectivity index (χ4v) is 4.15. The Hall–Kier alpha value is -3.98. The Morgan fingerprint density at radius 1 is 1.00 bits per heavy atom. The molecule has 10 heteroatoms. The molecule has 0 unspecified atom stereocenters. The lowest BCUT2D eigenvalue weighted by Crippen LogP contribution is -2.50. The van der Waals surface area contributed by atoms with Crippen molar-refractivity contribution in [3.8, 4) is 22.8 Å². The molecule has 1 saturated heterocycles. The summed E-state index contributed by atoms with van der Waals surface area (Å²) < 4.78 is 20.7. The zero-order valence-electron chi connectivity index (χ0n) is 18.6. The van der Waals surface area contributed by atoms with Crippen molar-refractivity contribution < 1.29 is 13.7 Å². The van der Waals surface area contributed by atoms with Crippen molar-refractivity contribution >= 4 is 23.2 Å². The minimum atomic E-state index is -0.405. The van der Waals surface area contributed by atoms with Crippen molar-refractivity contribution in [2.45, 2.75) is 6.54 Å². The molecule has 1 amide bonds. The van der Waals surface area contributed by atoms with Gasteiger partial charge in [0.15, 0.2) is 0 Å². The van der Waals surface area contributed by atoms with Gasteiger partial charge in [-0.1, -0.05) is 28.9 Å². The van der Waals surface area contributed by atoms with Crippen LogP contribution in [0.4, 0.5) is 10.1 Å². The third-order valence-corrected chi connectivity index (χ3v) is 6.16. The van der Waals surface area contributed by atoms with E-state index in [0.29, 0.717) is 48.3 Å². The first kappa shape index (κ1) is 22.8. The number of carbonyl (C=O) groups excluding carboxylic acids is 1. The van der Waals surface area contributed by atoms with Gasteiger partial charge < -0.3 is 18.9 Å². The van der Waals surface area contributed by atoms with Gasteiger partial charge in [-0.25, -0.2) is 4.39 Å². The van der Waals surface area contributed by atoms with Gasteiger partial charge in [0.25, 0.3) is 11.4 Å². The van der Waals surface area contributed by atoms with Crippen LogP contribution >= 0.6 is 11.6 Å². The Bertz CT molecular complexity index is 1410. The summed E-state index contributed by atoms with van der Waals surface area (Å²) in [5.41, 5.74) is 1.03. The molecule has 2 aromatic carbocycles. The van der Waals surface area contributed by atoms with Crippen LogP contribution in [0.5, 0.6) is 0 Å². The molecule has 8 nitrogen and oxygen atoms in total. The third-order valence-electron chi connectivity index (χ3n) is 5.91. The van der Waals surface area contributed by atoms with Crippen LogP contribution in [0.2, 0.25) is 5.02 Å². The summed E-state index contributed by atoms with van der Waals surface area (Å²) >= 11 is 5.92. The van der Waals surface area contributed by atoms with Crippen LogP contribution in [-0.4, -0.2) is 51.7 Å². The molecular formula is C25H21ClFN5O3. The predicted molar refractivity (Wildman–Crippen MR) is 130 cm³/mol. The average molecular weight is 494 g/mol. The van der Waals surface area contributed by atoms with Crippen molar-refractivity contribution in [2.24, 2.45) is 0 Å². The molecule has 0 bridgehead atoms. The number of piperazine rings is 1. The smallest absolute Gasteiger partial charge is 0.263 e. The lowest BCUT2D eigenvalue weighted by atomic mass is 10.2. The molecule has 178 valence electrons. The Kier molecular flexibility index (Phi) is 6.33. The highest BCUT2D eigenvalue weighted by molar-refractivity contribution is 6.30. The van der Waals surface area contributed by atoms with E-state index in [9.17, 15) is 14.0 Å². The molecule has 1 aliphatic heterocycles. The fraction of sp³-hybridized carbons (Fsp3) is 0.200. The molecule has 0 aliphatic carbocycles. The number of amides is 1. The van der Waals surface area contributed by atoms with Crippen molar-refractivity contribution in [1.82, 2.24) is 19.6 Å². The number of rotatable bonds is 5. The minimum Gasteiger partial charge on any atom is -0.366 e. The van der Waals surface area contributed by atoms with Crippen LogP contribution in [0, 0.1) is 5.82 Å². The second kappa shape index (κ2) is 9.71. The van der Waals surface area contributed by atoms with Crippen molar-refractivity contribution in [3.63, 3.8) is 0 Å². The second-order valence-corrected chi connectivity index (χ2v) is 8.54. The molecule has 5 rings (SSSR count). The number of carbonyl (C=O) groups is 1. The van der Waals surface area contributed by atoms with Gasteiger partial charge in [-0.05, 0) is 48.5 Å². The lowest BCUT2D eigenvalue weighted by Gasteiger charge is -2.36. The number of aromatic nitrogens is 3. The molecule has 0 N–H and O–H groups in total. The first-order chi connectivity index (χ1) is 17.0. The van der Waals surface area contributed by atoms with Gasteiger partial charge in [-0.15, -0.1) is 0 Å². The highest BCUT2D eigenvalue weighted by atomic mass is 35.5. The van der Waals surface area contributed by atoms with E-state index in [4.69, 9.17) is 16.1 Å². The molecule has 3 heterocycles. The van der Waals surface area contributed by atoms with Crippen LogP contribution in [0.15, 0.2) is 76.2 Å². The maximum atomic E-state index is 14.1. The van der Waals surface area contributed by atoms with Crippen molar-refractivity contribution in [2.75, 3.05) is 31.1 Å². The highest BCUT2D eigenvalue weighted by Gasteiger charge is 2.23. The SMILES string of the molecule is O=C(Cn1cccc(-c2nc(-c3ccc(Cl)cc3)no2)c1=O)N1CCN(c2ccccc2F)CC1. The van der Waals surface area contributed by atoms with Crippen molar-refractivity contribution in [3.05, 3.63) is 88.1 Å². The number of para-hydroxylation sites is 1. The van der Waals surface area contributed by atoms with Gasteiger partial charge in [0.2, 0.25) is 11.7 Å². The number of hydrogen-bond acceptors (Lipinski definition) is 6. The van der Waals surface area contributed by atoms with E-state index in [1.807, 2.05) is 4.90 Å². The Morgan fingerprint density at radius 2 is 1.74 bits per heavy atom. The lowest BCUT2D eigenvalue weighted by molar-refractivity contribution is -0.132. The van der Waals surface area contributed by atoms with E-state index in [1.165, 1.54) is 10.6 Å². The Labute approximate surface area is 205 Å². The van der Waals surface area contributed by atoms with Crippen LogP contribution in [0.1, 0.15) is 0 Å². The maximum absolute atomic E-state index is 14.1. The normalized spacial score (nSPS) is 13.8. The Balaban J connectivity index is 1.27. The Morgan fingerprint density at radius 3 is 2.49 bits per heavy atom. The summed E-state index contributed by atoms with van der Waals surface area (Å²) in [5.74, 6) is -0.0729. The first-order valence-electron chi connectivity index (χ1n) is 11.1. The van der Waals surface area contributed by atoms with E-state index in [2.05, 4.69) is 10.1 Å². The zero-order chi connectivity index (χ0) is 24.4. The number of pyridine rings is 1. The average Bonchev–Trinajstić information content (AvgIpc) is 3.36. The molecule has 35 heavy (non-hydrogen) atoms. The number of nitrogens with zero attached hydrogens (tertiary/aromatic N) is 5. The van der Waals surface area contributed by atoms with Gasteiger partial charge in [0.05, 0.1) is 5.69 Å². The van der Waals surface area contributed by atoms with E-state index in [1.54, 1.807) is 65.7 Å². The van der Waals surface area contributed by atoms with Gasteiger partial charge in [0.1, 0.15) is 17.9 Å². The van der Waals surface area contributed by atoms with Crippen LogP contribution in [0.3, 0.4) is 0 Å². The monoisotopic (exact) mass is 493 g/mol. The summed E-state index contributed by atoms with van der Waals surface area (Å²) in [7, 11) is 0. The standard InChI is InChI=1S/C25H21ClFN5O3/c26-18-9-7-17(8-10-18)23-28-24(35-29-23)19-4-3-11-32(25(19)34)16-22(33)31-14-12-30(13-15-31)21-6-2-1-5-20(21)27/h1-11H,12-16H2. The predicted octanol–water partition coefficient (Wildman–Crippen LogP) is 3.71. The summed E-state index contributed by atoms with van der Waals surface area (Å²) in [5, 5.41) is 4.54. The molecule has 0 spiro atoms. The maximum Gasteiger partial charge on any atom is 0.263 e. The number of benzene rings is 2. The molecule has 0 atom stereocenters. The first-order valence-corrected chi connectivity index (χ1v) is 11.4. The molecule has 1 fully saturated rings. The fourth-order valence-electron chi connectivity index (χ4n) is 4.02. The van der Waals surface area contributed by atoms with E-state index in [0.717, 1.165) is 0 Å². The molecule has 2 aromatic heterocycles. The number of anilines is 1. The van der Waals surface area contributed by atoms with Gasteiger partial charge in [0, 0.05) is 43.0 Å². The van der Waals surface area contributed by atoms with Gasteiger partial charge in [-0.3, -0.25) is 9.59 Å². The van der Waals surface area contributed by atoms with Gasteiger partial charge in [-0.2, -0.15) is 4.98 Å². The van der Waals surface area contributed by atoms with Crippen LogP contribution in [-0.2, 0) is 11.3 Å². The topological polar surface area (TPSA) is 84.5 Å². The van der Waals surface area contributed by atoms with Crippen LogP contribution < -0.4 is 10.5 Å². The van der Waals surface area contributed by atoms with E-state index >= 15 is 0 Å². The molecule has 4 aromatic rings. The van der Waals surface area contributed by atoms with Gasteiger partial charge >= 0.3 is 0 Å². The molecule has 0 saturated carbocycles. The molecule has 1 aliphatic rings. The zero-order valence-corrected chi connectivity index (χ0v) is 19.4. The number of hydrogen-bond donors (Lipinski definition) is 0. The van der Waals surface area contributed by atoms with E-state index < -0.39 is 5.56 Å². The third kappa shape index (κ3) is 4.81. The van der Waals surface area contributed by atoms with E-state index in [-0.39, 0.29) is 29.7 Å². The molecule has 0 radical (unpaired) electrons. The highest BCUT2D eigenvalue weighted by Crippen LogP contribution is 2.22. The number of halogens is 2. The summed E-state index contributed by atoms with van der Waals surface area (Å²) in [6, 6.07) is 16.8. The quantitative estimate of drug-likeness (QED) is 0.421. The summed E-state index contributed by atoms with van der Waals surface area (Å²) in [4.78, 5) is 33.9. The summed E-state index contributed by atoms with van der Waals surface area (Å²) in [6.45, 7) is 1.78. The molecular weight excluding hydrogens is 473 g/mol. The second-order valence-electron chi connectivity index (χ2n) is 8.10.